The molecule has 1 aliphatic rings. The van der Waals surface area contributed by atoms with E-state index in [1.54, 1.807) is 0 Å². The van der Waals surface area contributed by atoms with Crippen molar-refractivity contribution in [3.63, 3.8) is 0 Å². The number of esters is 1. The van der Waals surface area contributed by atoms with Crippen molar-refractivity contribution in [1.82, 2.24) is 0 Å². The largest absolute Gasteiger partial charge is 0.456 e. The maximum absolute atomic E-state index is 12.0. The molecular formula is C16H22O3. The van der Waals surface area contributed by atoms with Crippen LogP contribution in [0.5, 0.6) is 0 Å². The standard InChI is InChI=1S/C16H22O3/c1-11-9-12(5-6-14(11)16(2,3)4)15(17)19-13-7-8-18-10-13/h5-6,9,13H,7-8,10H2,1-4H3. The molecule has 3 heteroatoms. The molecule has 0 radical (unpaired) electrons. The van der Waals surface area contributed by atoms with Gasteiger partial charge in [-0.15, -0.1) is 0 Å². The Kier molecular flexibility index (Phi) is 3.95. The Balaban J connectivity index is 2.12. The average Bonchev–Trinajstić information content (AvgIpc) is 2.79. The van der Waals surface area contributed by atoms with Crippen LogP contribution in [0.1, 0.15) is 48.7 Å². The van der Waals surface area contributed by atoms with Gasteiger partial charge < -0.3 is 9.47 Å². The zero-order chi connectivity index (χ0) is 14.0. The van der Waals surface area contributed by atoms with E-state index in [2.05, 4.69) is 20.8 Å². The molecule has 0 aromatic heterocycles. The monoisotopic (exact) mass is 262 g/mol. The van der Waals surface area contributed by atoms with E-state index in [1.165, 1.54) is 5.56 Å². The Labute approximate surface area is 114 Å². The molecule has 2 rings (SSSR count). The summed E-state index contributed by atoms with van der Waals surface area (Å²) in [5.41, 5.74) is 3.10. The fourth-order valence-corrected chi connectivity index (χ4v) is 2.46. The Hall–Kier alpha value is -1.35. The van der Waals surface area contributed by atoms with Crippen molar-refractivity contribution in [2.45, 2.75) is 45.6 Å². The molecule has 0 N–H and O–H groups in total. The van der Waals surface area contributed by atoms with Crippen molar-refractivity contribution in [1.29, 1.82) is 0 Å². The molecule has 1 heterocycles. The Morgan fingerprint density at radius 1 is 1.37 bits per heavy atom. The summed E-state index contributed by atoms with van der Waals surface area (Å²) in [6.45, 7) is 9.75. The van der Waals surface area contributed by atoms with Crippen LogP contribution in [0, 0.1) is 6.92 Å². The highest BCUT2D eigenvalue weighted by Gasteiger charge is 2.22. The number of hydrogen-bond acceptors (Lipinski definition) is 3. The van der Waals surface area contributed by atoms with Crippen molar-refractivity contribution in [2.75, 3.05) is 13.2 Å². The topological polar surface area (TPSA) is 35.5 Å². The highest BCUT2D eigenvalue weighted by Crippen LogP contribution is 2.26. The van der Waals surface area contributed by atoms with Crippen molar-refractivity contribution >= 4 is 5.97 Å². The number of rotatable bonds is 2. The molecule has 1 atom stereocenters. The van der Waals surface area contributed by atoms with Crippen LogP contribution in [0.25, 0.3) is 0 Å². The van der Waals surface area contributed by atoms with E-state index in [4.69, 9.17) is 9.47 Å². The minimum Gasteiger partial charge on any atom is -0.456 e. The minimum atomic E-state index is -0.251. The third kappa shape index (κ3) is 3.35. The quantitative estimate of drug-likeness (QED) is 0.768. The number of aryl methyl sites for hydroxylation is 1. The Bertz CT molecular complexity index is 465. The fourth-order valence-electron chi connectivity index (χ4n) is 2.46. The number of carbonyl (C=O) groups excluding carboxylic acids is 1. The number of carbonyl (C=O) groups is 1. The second kappa shape index (κ2) is 5.33. The van der Waals surface area contributed by atoms with E-state index in [-0.39, 0.29) is 17.5 Å². The van der Waals surface area contributed by atoms with Gasteiger partial charge in [0.05, 0.1) is 18.8 Å². The van der Waals surface area contributed by atoms with Gasteiger partial charge in [-0.25, -0.2) is 4.79 Å². The lowest BCUT2D eigenvalue weighted by atomic mass is 9.83. The lowest BCUT2D eigenvalue weighted by Gasteiger charge is -2.22. The highest BCUT2D eigenvalue weighted by molar-refractivity contribution is 5.89. The van der Waals surface area contributed by atoms with Crippen LogP contribution < -0.4 is 0 Å². The number of hydrogen-bond donors (Lipinski definition) is 0. The summed E-state index contributed by atoms with van der Waals surface area (Å²) in [5, 5.41) is 0. The molecule has 1 unspecified atom stereocenters. The van der Waals surface area contributed by atoms with Crippen molar-refractivity contribution < 1.29 is 14.3 Å². The minimum absolute atomic E-state index is 0.0879. The van der Waals surface area contributed by atoms with Crippen LogP contribution >= 0.6 is 0 Å². The number of ether oxygens (including phenoxy) is 2. The summed E-state index contributed by atoms with van der Waals surface area (Å²) in [6, 6.07) is 5.79. The first kappa shape index (κ1) is 14.1. The van der Waals surface area contributed by atoms with E-state index in [1.807, 2.05) is 25.1 Å². The van der Waals surface area contributed by atoms with E-state index in [0.717, 1.165) is 12.0 Å². The molecule has 0 aliphatic carbocycles. The van der Waals surface area contributed by atoms with E-state index in [9.17, 15) is 4.79 Å². The van der Waals surface area contributed by atoms with Gasteiger partial charge >= 0.3 is 5.97 Å². The first-order chi connectivity index (χ1) is 8.88. The van der Waals surface area contributed by atoms with Crippen LogP contribution in [0.15, 0.2) is 18.2 Å². The molecule has 1 fully saturated rings. The van der Waals surface area contributed by atoms with Gasteiger partial charge in [-0.2, -0.15) is 0 Å². The number of benzene rings is 1. The van der Waals surface area contributed by atoms with Crippen molar-refractivity contribution in [2.24, 2.45) is 0 Å². The van der Waals surface area contributed by atoms with Crippen LogP contribution in [-0.2, 0) is 14.9 Å². The van der Waals surface area contributed by atoms with Gasteiger partial charge in [0.1, 0.15) is 6.10 Å². The normalized spacial score (nSPS) is 19.5. The summed E-state index contributed by atoms with van der Waals surface area (Å²) in [7, 11) is 0. The molecule has 1 aliphatic heterocycles. The Morgan fingerprint density at radius 3 is 2.63 bits per heavy atom. The predicted molar refractivity (Wildman–Crippen MR) is 74.5 cm³/mol. The summed E-state index contributed by atoms with van der Waals surface area (Å²) in [5.74, 6) is -0.251. The summed E-state index contributed by atoms with van der Waals surface area (Å²) in [6.07, 6.45) is 0.709. The lowest BCUT2D eigenvalue weighted by Crippen LogP contribution is -2.19. The van der Waals surface area contributed by atoms with E-state index < -0.39 is 0 Å². The zero-order valence-corrected chi connectivity index (χ0v) is 12.2. The van der Waals surface area contributed by atoms with Crippen molar-refractivity contribution in [3.05, 3.63) is 34.9 Å². The zero-order valence-electron chi connectivity index (χ0n) is 12.2. The molecule has 3 nitrogen and oxygen atoms in total. The van der Waals surface area contributed by atoms with Crippen molar-refractivity contribution in [3.8, 4) is 0 Å². The molecule has 104 valence electrons. The SMILES string of the molecule is Cc1cc(C(=O)OC2CCOC2)ccc1C(C)(C)C. The summed E-state index contributed by atoms with van der Waals surface area (Å²) >= 11 is 0. The maximum Gasteiger partial charge on any atom is 0.338 e. The molecule has 1 saturated heterocycles. The predicted octanol–water partition coefficient (Wildman–Crippen LogP) is 3.24. The van der Waals surface area contributed by atoms with Crippen LogP contribution in [0.4, 0.5) is 0 Å². The molecule has 0 amide bonds. The van der Waals surface area contributed by atoms with Gasteiger partial charge in [0, 0.05) is 6.42 Å². The fraction of sp³-hybridized carbons (Fsp3) is 0.562. The van der Waals surface area contributed by atoms with Gasteiger partial charge in [-0.05, 0) is 35.6 Å². The maximum atomic E-state index is 12.0. The van der Waals surface area contributed by atoms with Gasteiger partial charge in [0.2, 0.25) is 0 Å². The highest BCUT2D eigenvalue weighted by atomic mass is 16.6. The Morgan fingerprint density at radius 2 is 2.11 bits per heavy atom. The first-order valence-corrected chi connectivity index (χ1v) is 6.78. The molecule has 19 heavy (non-hydrogen) atoms. The van der Waals surface area contributed by atoms with Gasteiger partial charge in [-0.1, -0.05) is 26.8 Å². The van der Waals surface area contributed by atoms with Gasteiger partial charge in [0.25, 0.3) is 0 Å². The van der Waals surface area contributed by atoms with Gasteiger partial charge in [-0.3, -0.25) is 0 Å². The molecular weight excluding hydrogens is 240 g/mol. The first-order valence-electron chi connectivity index (χ1n) is 6.78. The molecule has 0 bridgehead atoms. The van der Waals surface area contributed by atoms with E-state index in [0.29, 0.717) is 18.8 Å². The average molecular weight is 262 g/mol. The third-order valence-corrected chi connectivity index (χ3v) is 3.43. The van der Waals surface area contributed by atoms with E-state index >= 15 is 0 Å². The second-order valence-corrected chi connectivity index (χ2v) is 6.17. The molecule has 1 aromatic rings. The molecule has 0 spiro atoms. The van der Waals surface area contributed by atoms with Crippen LogP contribution in [0.2, 0.25) is 0 Å². The summed E-state index contributed by atoms with van der Waals surface area (Å²) in [4.78, 5) is 12.0. The second-order valence-electron chi connectivity index (χ2n) is 6.17. The van der Waals surface area contributed by atoms with Crippen LogP contribution in [0.3, 0.4) is 0 Å². The smallest absolute Gasteiger partial charge is 0.338 e. The third-order valence-electron chi connectivity index (χ3n) is 3.43. The van der Waals surface area contributed by atoms with Crippen LogP contribution in [-0.4, -0.2) is 25.3 Å². The molecule has 1 aromatic carbocycles. The lowest BCUT2D eigenvalue weighted by molar-refractivity contribution is 0.0270. The molecule has 0 saturated carbocycles. The van der Waals surface area contributed by atoms with Gasteiger partial charge in [0.15, 0.2) is 0 Å². The summed E-state index contributed by atoms with van der Waals surface area (Å²) < 4.78 is 10.6.